The molecule has 3 aromatic carbocycles. The van der Waals surface area contributed by atoms with Crippen molar-refractivity contribution in [3.63, 3.8) is 0 Å². The van der Waals surface area contributed by atoms with Crippen LogP contribution in [0.3, 0.4) is 0 Å². The van der Waals surface area contributed by atoms with Gasteiger partial charge in [0.05, 0.1) is 10.4 Å². The number of rotatable bonds is 7. The van der Waals surface area contributed by atoms with Crippen LogP contribution in [0.15, 0.2) is 82.5 Å². The van der Waals surface area contributed by atoms with Crippen molar-refractivity contribution in [3.8, 4) is 11.5 Å². The minimum atomic E-state index is -3.94. The second-order valence-electron chi connectivity index (χ2n) is 8.54. The molecule has 2 heterocycles. The Morgan fingerprint density at radius 2 is 1.69 bits per heavy atom. The summed E-state index contributed by atoms with van der Waals surface area (Å²) in [6, 6.07) is 21.8. The SMILES string of the molecule is Cc1cccc2cc(CN(CCc3ccccc3)S(=O)(=O)c3ccc4c(c3)OCCO4)c(=O)[nH]c12. The van der Waals surface area contributed by atoms with E-state index in [1.807, 2.05) is 55.5 Å². The van der Waals surface area contributed by atoms with Crippen molar-refractivity contribution in [1.29, 1.82) is 0 Å². The third kappa shape index (κ3) is 4.80. The van der Waals surface area contributed by atoms with E-state index in [4.69, 9.17) is 9.47 Å². The molecule has 4 aromatic rings. The number of fused-ring (bicyclic) bond motifs is 2. The van der Waals surface area contributed by atoms with E-state index < -0.39 is 10.0 Å². The molecule has 0 aliphatic carbocycles. The molecule has 0 bridgehead atoms. The van der Waals surface area contributed by atoms with E-state index in [1.54, 1.807) is 12.1 Å². The molecule has 0 atom stereocenters. The predicted octanol–water partition coefficient (Wildman–Crippen LogP) is 4.04. The molecule has 180 valence electrons. The number of benzene rings is 3. The highest BCUT2D eigenvalue weighted by molar-refractivity contribution is 7.89. The summed E-state index contributed by atoms with van der Waals surface area (Å²) >= 11 is 0. The fourth-order valence-corrected chi connectivity index (χ4v) is 5.69. The molecule has 1 aliphatic heterocycles. The molecule has 7 nitrogen and oxygen atoms in total. The van der Waals surface area contributed by atoms with Gasteiger partial charge in [-0.3, -0.25) is 4.79 Å². The van der Waals surface area contributed by atoms with Gasteiger partial charge >= 0.3 is 0 Å². The molecule has 5 rings (SSSR count). The van der Waals surface area contributed by atoms with Crippen LogP contribution in [0.25, 0.3) is 10.9 Å². The predicted molar refractivity (Wildman–Crippen MR) is 134 cm³/mol. The molecule has 0 spiro atoms. The van der Waals surface area contributed by atoms with Crippen LogP contribution < -0.4 is 15.0 Å². The zero-order valence-electron chi connectivity index (χ0n) is 19.4. The van der Waals surface area contributed by atoms with Gasteiger partial charge in [0.15, 0.2) is 11.5 Å². The average Bonchev–Trinajstić information content (AvgIpc) is 2.87. The van der Waals surface area contributed by atoms with E-state index in [2.05, 4.69) is 4.98 Å². The van der Waals surface area contributed by atoms with Crippen LogP contribution >= 0.6 is 0 Å². The van der Waals surface area contributed by atoms with Crippen molar-refractivity contribution >= 4 is 20.9 Å². The van der Waals surface area contributed by atoms with Gasteiger partial charge in [-0.1, -0.05) is 48.5 Å². The summed E-state index contributed by atoms with van der Waals surface area (Å²) in [5.41, 5.74) is 2.81. The molecule has 1 aromatic heterocycles. The highest BCUT2D eigenvalue weighted by Gasteiger charge is 2.27. The maximum absolute atomic E-state index is 13.8. The molecule has 0 saturated heterocycles. The molecule has 1 aliphatic rings. The quantitative estimate of drug-likeness (QED) is 0.422. The largest absolute Gasteiger partial charge is 0.486 e. The molecule has 0 saturated carbocycles. The van der Waals surface area contributed by atoms with E-state index >= 15 is 0 Å². The minimum Gasteiger partial charge on any atom is -0.486 e. The fraction of sp³-hybridized carbons (Fsp3) is 0.222. The molecule has 8 heteroatoms. The number of aromatic amines is 1. The first-order valence-electron chi connectivity index (χ1n) is 11.5. The molecule has 1 N–H and O–H groups in total. The van der Waals surface area contributed by atoms with Crippen molar-refractivity contribution in [1.82, 2.24) is 9.29 Å². The van der Waals surface area contributed by atoms with Gasteiger partial charge < -0.3 is 14.5 Å². The normalized spacial score (nSPS) is 13.3. The summed E-state index contributed by atoms with van der Waals surface area (Å²) in [6.45, 7) is 2.87. The van der Waals surface area contributed by atoms with Gasteiger partial charge in [-0.2, -0.15) is 4.31 Å². The number of aryl methyl sites for hydroxylation is 1. The van der Waals surface area contributed by atoms with E-state index in [1.165, 1.54) is 16.4 Å². The number of nitrogens with zero attached hydrogens (tertiary/aromatic N) is 1. The van der Waals surface area contributed by atoms with Crippen molar-refractivity contribution in [2.75, 3.05) is 19.8 Å². The monoisotopic (exact) mass is 490 g/mol. The highest BCUT2D eigenvalue weighted by Crippen LogP contribution is 2.33. The number of ether oxygens (including phenoxy) is 2. The van der Waals surface area contributed by atoms with Crippen LogP contribution in [-0.2, 0) is 23.0 Å². The highest BCUT2D eigenvalue weighted by atomic mass is 32.2. The van der Waals surface area contributed by atoms with Gasteiger partial charge in [-0.15, -0.1) is 0 Å². The summed E-state index contributed by atoms with van der Waals surface area (Å²) in [7, 11) is -3.94. The van der Waals surface area contributed by atoms with Crippen molar-refractivity contribution < 1.29 is 17.9 Å². The molecular weight excluding hydrogens is 464 g/mol. The number of H-pyrrole nitrogens is 1. The molecule has 35 heavy (non-hydrogen) atoms. The smallest absolute Gasteiger partial charge is 0.252 e. The summed E-state index contributed by atoms with van der Waals surface area (Å²) in [4.78, 5) is 16.0. The summed E-state index contributed by atoms with van der Waals surface area (Å²) in [5.74, 6) is 0.923. The maximum Gasteiger partial charge on any atom is 0.252 e. The number of pyridine rings is 1. The first-order valence-corrected chi connectivity index (χ1v) is 12.9. The zero-order chi connectivity index (χ0) is 24.4. The van der Waals surface area contributed by atoms with Gasteiger partial charge in [-0.05, 0) is 48.1 Å². The lowest BCUT2D eigenvalue weighted by molar-refractivity contribution is 0.171. The second kappa shape index (κ2) is 9.56. The fourth-order valence-electron chi connectivity index (χ4n) is 4.25. The Kier molecular flexibility index (Phi) is 6.32. The van der Waals surface area contributed by atoms with Crippen molar-refractivity contribution in [2.24, 2.45) is 0 Å². The Morgan fingerprint density at radius 1 is 0.914 bits per heavy atom. The van der Waals surface area contributed by atoms with E-state index in [9.17, 15) is 13.2 Å². The van der Waals surface area contributed by atoms with Crippen molar-refractivity contribution in [2.45, 2.75) is 24.8 Å². The average molecular weight is 491 g/mol. The number of nitrogens with one attached hydrogen (secondary N) is 1. The zero-order valence-corrected chi connectivity index (χ0v) is 20.2. The first-order chi connectivity index (χ1) is 16.9. The molecule has 0 amide bonds. The van der Waals surface area contributed by atoms with Crippen LogP contribution in [-0.4, -0.2) is 37.5 Å². The Bertz CT molecular complexity index is 1530. The third-order valence-electron chi connectivity index (χ3n) is 6.16. The molecule has 0 radical (unpaired) electrons. The summed E-state index contributed by atoms with van der Waals surface area (Å²) in [6.07, 6.45) is 0.509. The standard InChI is InChI=1S/C27H26N2O5S/c1-19-6-5-9-21-16-22(27(30)28-26(19)21)18-29(13-12-20-7-3-2-4-8-20)35(31,32)23-10-11-24-25(17-23)34-15-14-33-24/h2-11,16-17H,12-15,18H2,1H3,(H,28,30). The lowest BCUT2D eigenvalue weighted by Crippen LogP contribution is -2.34. The Hall–Kier alpha value is -3.62. The van der Waals surface area contributed by atoms with Crippen LogP contribution in [0.4, 0.5) is 0 Å². The van der Waals surface area contributed by atoms with E-state index in [-0.39, 0.29) is 23.5 Å². The number of para-hydroxylation sites is 1. The van der Waals surface area contributed by atoms with Gasteiger partial charge in [0.2, 0.25) is 10.0 Å². The topological polar surface area (TPSA) is 88.7 Å². The third-order valence-corrected chi connectivity index (χ3v) is 8.00. The van der Waals surface area contributed by atoms with Crippen LogP contribution in [0, 0.1) is 6.92 Å². The first kappa shape index (κ1) is 23.1. The molecule has 0 fully saturated rings. The van der Waals surface area contributed by atoms with Gasteiger partial charge in [-0.25, -0.2) is 8.42 Å². The lowest BCUT2D eigenvalue weighted by Gasteiger charge is -2.24. The van der Waals surface area contributed by atoms with Crippen LogP contribution in [0.1, 0.15) is 16.7 Å². The van der Waals surface area contributed by atoms with Gasteiger partial charge in [0.1, 0.15) is 13.2 Å². The second-order valence-corrected chi connectivity index (χ2v) is 10.5. The Labute approximate surface area is 204 Å². The summed E-state index contributed by atoms with van der Waals surface area (Å²) < 4.78 is 40.1. The van der Waals surface area contributed by atoms with Gasteiger partial charge in [0.25, 0.3) is 5.56 Å². The minimum absolute atomic E-state index is 0.0528. The van der Waals surface area contributed by atoms with Crippen LogP contribution in [0.2, 0.25) is 0 Å². The number of sulfonamides is 1. The Morgan fingerprint density at radius 3 is 2.49 bits per heavy atom. The number of aromatic nitrogens is 1. The maximum atomic E-state index is 13.8. The molecule has 0 unspecified atom stereocenters. The van der Waals surface area contributed by atoms with Crippen LogP contribution in [0.5, 0.6) is 11.5 Å². The van der Waals surface area contributed by atoms with E-state index in [0.717, 1.165) is 22.0 Å². The lowest BCUT2D eigenvalue weighted by atomic mass is 10.1. The van der Waals surface area contributed by atoms with E-state index in [0.29, 0.717) is 36.7 Å². The Balaban J connectivity index is 1.52. The molecular formula is C27H26N2O5S. The number of hydrogen-bond donors (Lipinski definition) is 1. The number of hydrogen-bond acceptors (Lipinski definition) is 5. The van der Waals surface area contributed by atoms with Crippen molar-refractivity contribution in [3.05, 3.63) is 99.8 Å². The summed E-state index contributed by atoms with van der Waals surface area (Å²) in [5, 5.41) is 0.860. The van der Waals surface area contributed by atoms with Gasteiger partial charge in [0, 0.05) is 24.7 Å².